The zero-order valence-corrected chi connectivity index (χ0v) is 17.2. The maximum absolute atomic E-state index is 13.4. The molecule has 0 fully saturated rings. The van der Waals surface area contributed by atoms with Gasteiger partial charge in [0.2, 0.25) is 18.2 Å². The van der Waals surface area contributed by atoms with Gasteiger partial charge >= 0.3 is 0 Å². The zero-order valence-electron chi connectivity index (χ0n) is 16.4. The second-order valence-corrected chi connectivity index (χ2v) is 7.22. The lowest BCUT2D eigenvalue weighted by molar-refractivity contribution is -0.131. The molecule has 1 aromatic heterocycles. The molecule has 0 radical (unpaired) electrons. The van der Waals surface area contributed by atoms with Gasteiger partial charge in [0.05, 0.1) is 23.7 Å². The Bertz CT molecular complexity index is 1090. The van der Waals surface area contributed by atoms with Gasteiger partial charge in [0.1, 0.15) is 18.9 Å². The van der Waals surface area contributed by atoms with Crippen molar-refractivity contribution in [2.24, 2.45) is 0 Å². The highest BCUT2D eigenvalue weighted by Crippen LogP contribution is 2.30. The summed E-state index contributed by atoms with van der Waals surface area (Å²) in [4.78, 5) is 29.3. The number of rotatable bonds is 6. The standard InChI is InChI=1S/C21H19ClN4O5/c22-17-9-15(30-8-7-27)5-6-16(17)21(29)26-12-20(28)25(11-19-24-23-13-31-19)10-14-3-1-2-4-18(14)26/h1-6,9,13,27H,7-8,10-12H2. The molecule has 0 spiro atoms. The van der Waals surface area contributed by atoms with E-state index in [-0.39, 0.29) is 42.8 Å². The molecule has 0 aliphatic carbocycles. The average molecular weight is 443 g/mol. The second kappa shape index (κ2) is 9.15. The van der Waals surface area contributed by atoms with Gasteiger partial charge in [-0.25, -0.2) is 0 Å². The molecule has 0 saturated carbocycles. The van der Waals surface area contributed by atoms with Gasteiger partial charge in [-0.1, -0.05) is 29.8 Å². The van der Waals surface area contributed by atoms with E-state index >= 15 is 0 Å². The molecule has 2 amide bonds. The number of amides is 2. The molecule has 0 unspecified atom stereocenters. The minimum atomic E-state index is -0.404. The summed E-state index contributed by atoms with van der Waals surface area (Å²) in [7, 11) is 0. The molecule has 160 valence electrons. The summed E-state index contributed by atoms with van der Waals surface area (Å²) in [5.41, 5.74) is 1.68. The first kappa shape index (κ1) is 20.8. The first-order chi connectivity index (χ1) is 15.1. The first-order valence-electron chi connectivity index (χ1n) is 9.52. The Labute approximate surface area is 182 Å². The van der Waals surface area contributed by atoms with E-state index < -0.39 is 5.91 Å². The van der Waals surface area contributed by atoms with Crippen LogP contribution in [0.1, 0.15) is 21.8 Å². The van der Waals surface area contributed by atoms with Gasteiger partial charge in [-0.3, -0.25) is 14.5 Å². The summed E-state index contributed by atoms with van der Waals surface area (Å²) in [5, 5.41) is 16.6. The highest BCUT2D eigenvalue weighted by molar-refractivity contribution is 6.34. The normalized spacial score (nSPS) is 13.7. The second-order valence-electron chi connectivity index (χ2n) is 6.82. The van der Waals surface area contributed by atoms with Crippen LogP contribution in [0, 0.1) is 0 Å². The molecule has 0 saturated heterocycles. The quantitative estimate of drug-likeness (QED) is 0.623. The summed E-state index contributed by atoms with van der Waals surface area (Å²) in [6.07, 6.45) is 1.21. The van der Waals surface area contributed by atoms with Crippen LogP contribution in [0.2, 0.25) is 5.02 Å². The Kier molecular flexibility index (Phi) is 6.15. The number of carbonyl (C=O) groups excluding carboxylic acids is 2. The Morgan fingerprint density at radius 2 is 2.06 bits per heavy atom. The molecule has 1 N–H and O–H groups in total. The third kappa shape index (κ3) is 4.52. The molecule has 0 bridgehead atoms. The fourth-order valence-electron chi connectivity index (χ4n) is 3.34. The number of ether oxygens (including phenoxy) is 1. The molecular weight excluding hydrogens is 424 g/mol. The predicted molar refractivity (Wildman–Crippen MR) is 111 cm³/mol. The van der Waals surface area contributed by atoms with E-state index in [0.717, 1.165) is 5.56 Å². The van der Waals surface area contributed by atoms with Crippen molar-refractivity contribution in [3.05, 3.63) is 70.9 Å². The summed E-state index contributed by atoms with van der Waals surface area (Å²) in [6.45, 7) is 0.261. The van der Waals surface area contributed by atoms with Gasteiger partial charge in [0.15, 0.2) is 0 Å². The molecule has 3 aromatic rings. The van der Waals surface area contributed by atoms with E-state index in [1.54, 1.807) is 23.1 Å². The molecule has 4 rings (SSSR count). The highest BCUT2D eigenvalue weighted by atomic mass is 35.5. The fraction of sp³-hybridized carbons (Fsp3) is 0.238. The molecule has 1 aliphatic rings. The highest BCUT2D eigenvalue weighted by Gasteiger charge is 2.31. The Morgan fingerprint density at radius 1 is 1.23 bits per heavy atom. The number of hydrogen-bond acceptors (Lipinski definition) is 7. The number of aliphatic hydroxyl groups excluding tert-OH is 1. The molecule has 0 atom stereocenters. The minimum Gasteiger partial charge on any atom is -0.491 e. The number of halogens is 1. The molecule has 2 heterocycles. The lowest BCUT2D eigenvalue weighted by Gasteiger charge is -2.23. The smallest absolute Gasteiger partial charge is 0.260 e. The molecule has 9 nitrogen and oxygen atoms in total. The maximum Gasteiger partial charge on any atom is 0.260 e. The van der Waals surface area contributed by atoms with Crippen molar-refractivity contribution in [3.63, 3.8) is 0 Å². The van der Waals surface area contributed by atoms with Crippen molar-refractivity contribution < 1.29 is 23.8 Å². The molecule has 1 aliphatic heterocycles. The topological polar surface area (TPSA) is 109 Å². The van der Waals surface area contributed by atoms with Crippen molar-refractivity contribution in [3.8, 4) is 5.75 Å². The van der Waals surface area contributed by atoms with E-state index in [2.05, 4.69) is 10.2 Å². The minimum absolute atomic E-state index is 0.119. The number of para-hydroxylation sites is 1. The van der Waals surface area contributed by atoms with Crippen LogP contribution in [0.4, 0.5) is 5.69 Å². The van der Waals surface area contributed by atoms with Crippen LogP contribution < -0.4 is 9.64 Å². The van der Waals surface area contributed by atoms with Gasteiger partial charge < -0.3 is 19.2 Å². The lowest BCUT2D eigenvalue weighted by atomic mass is 10.1. The Hall–Kier alpha value is -3.43. The molecule has 31 heavy (non-hydrogen) atoms. The predicted octanol–water partition coefficient (Wildman–Crippen LogP) is 2.28. The summed E-state index contributed by atoms with van der Waals surface area (Å²) >= 11 is 6.34. The van der Waals surface area contributed by atoms with Crippen molar-refractivity contribution in [2.75, 3.05) is 24.7 Å². The van der Waals surface area contributed by atoms with Gasteiger partial charge in [0, 0.05) is 12.2 Å². The maximum atomic E-state index is 13.4. The largest absolute Gasteiger partial charge is 0.491 e. The van der Waals surface area contributed by atoms with Crippen molar-refractivity contribution in [1.82, 2.24) is 15.1 Å². The van der Waals surface area contributed by atoms with Crippen LogP contribution in [-0.4, -0.2) is 51.8 Å². The van der Waals surface area contributed by atoms with Crippen LogP contribution in [0.5, 0.6) is 5.75 Å². The van der Waals surface area contributed by atoms with Crippen LogP contribution in [0.15, 0.2) is 53.3 Å². The molecular formula is C21H19ClN4O5. The van der Waals surface area contributed by atoms with Crippen LogP contribution in [0.3, 0.4) is 0 Å². The monoisotopic (exact) mass is 442 g/mol. The average Bonchev–Trinajstić information content (AvgIpc) is 3.24. The Morgan fingerprint density at radius 3 is 2.81 bits per heavy atom. The molecule has 2 aromatic carbocycles. The van der Waals surface area contributed by atoms with Gasteiger partial charge in [0.25, 0.3) is 5.91 Å². The van der Waals surface area contributed by atoms with Crippen molar-refractivity contribution >= 4 is 29.1 Å². The van der Waals surface area contributed by atoms with E-state index in [1.165, 1.54) is 17.4 Å². The van der Waals surface area contributed by atoms with E-state index in [9.17, 15) is 9.59 Å². The number of carbonyl (C=O) groups is 2. The number of benzene rings is 2. The Balaban J connectivity index is 1.63. The first-order valence-corrected chi connectivity index (χ1v) is 9.90. The SMILES string of the molecule is O=C1CN(C(=O)c2ccc(OCCO)cc2Cl)c2ccccc2CN1Cc1nnco1. The van der Waals surface area contributed by atoms with Crippen molar-refractivity contribution in [2.45, 2.75) is 13.1 Å². The third-order valence-corrected chi connectivity index (χ3v) is 5.11. The summed E-state index contributed by atoms with van der Waals surface area (Å²) < 4.78 is 10.5. The van der Waals surface area contributed by atoms with E-state index in [0.29, 0.717) is 23.9 Å². The number of nitrogens with zero attached hydrogens (tertiary/aromatic N) is 4. The van der Waals surface area contributed by atoms with Gasteiger partial charge in [-0.15, -0.1) is 10.2 Å². The molecule has 10 heteroatoms. The number of anilines is 1. The summed E-state index contributed by atoms with van der Waals surface area (Å²) in [6, 6.07) is 12.0. The number of hydrogen-bond donors (Lipinski definition) is 1. The summed E-state index contributed by atoms with van der Waals surface area (Å²) in [5.74, 6) is 0.0849. The lowest BCUT2D eigenvalue weighted by Crippen LogP contribution is -2.40. The van der Waals surface area contributed by atoms with Gasteiger partial charge in [-0.05, 0) is 29.8 Å². The number of aromatic nitrogens is 2. The van der Waals surface area contributed by atoms with Gasteiger partial charge in [-0.2, -0.15) is 0 Å². The van der Waals surface area contributed by atoms with E-state index in [4.69, 9.17) is 25.9 Å². The number of fused-ring (bicyclic) bond motifs is 1. The fourth-order valence-corrected chi connectivity index (χ4v) is 3.59. The van der Waals surface area contributed by atoms with Crippen LogP contribution >= 0.6 is 11.6 Å². The third-order valence-electron chi connectivity index (χ3n) is 4.80. The van der Waals surface area contributed by atoms with Crippen molar-refractivity contribution in [1.29, 1.82) is 0 Å². The van der Waals surface area contributed by atoms with E-state index in [1.807, 2.05) is 18.2 Å². The van der Waals surface area contributed by atoms with Crippen LogP contribution in [0.25, 0.3) is 0 Å². The zero-order chi connectivity index (χ0) is 21.8. The number of aliphatic hydroxyl groups is 1. The van der Waals surface area contributed by atoms with Crippen LogP contribution in [-0.2, 0) is 17.9 Å².